The lowest BCUT2D eigenvalue weighted by Crippen LogP contribution is -2.63. The van der Waals surface area contributed by atoms with Crippen molar-refractivity contribution in [2.45, 2.75) is 87.3 Å². The molecule has 0 aromatic rings. The van der Waals surface area contributed by atoms with Crippen molar-refractivity contribution < 1.29 is 20.5 Å². The number of alkyl halides is 1. The lowest BCUT2D eigenvalue weighted by Gasteiger charge is -2.48. The van der Waals surface area contributed by atoms with Gasteiger partial charge in [-0.25, -0.2) is 0 Å². The topological polar surface area (TPSA) is 122 Å². The Hall–Kier alpha value is 0.200. The third-order valence-electron chi connectivity index (χ3n) is 5.77. The fraction of sp³-hybridized carbons (Fsp3) is 1.00. The predicted molar refractivity (Wildman–Crippen MR) is 99.1 cm³/mol. The summed E-state index contributed by atoms with van der Waals surface area (Å²) in [6.07, 6.45) is 3.17. The van der Waals surface area contributed by atoms with Crippen LogP contribution in [0.2, 0.25) is 0 Å². The highest BCUT2D eigenvalue weighted by Gasteiger charge is 2.46. The number of nitrogens with two attached hydrogens (primary N) is 1. The average molecular weight is 424 g/mol. The summed E-state index contributed by atoms with van der Waals surface area (Å²) in [6.45, 7) is 2.58. The molecule has 0 saturated carbocycles. The first-order valence-electron chi connectivity index (χ1n) is 9.50. The van der Waals surface area contributed by atoms with Gasteiger partial charge in [-0.15, -0.1) is 0 Å². The molecule has 2 aliphatic heterocycles. The Morgan fingerprint density at radius 3 is 2.52 bits per heavy atom. The van der Waals surface area contributed by atoms with Crippen LogP contribution in [0.3, 0.4) is 0 Å². The van der Waals surface area contributed by atoms with Crippen molar-refractivity contribution in [3.63, 3.8) is 0 Å². The minimum atomic E-state index is -0.954. The Balaban J connectivity index is 1.97. The fourth-order valence-electron chi connectivity index (χ4n) is 4.29. The second-order valence-corrected chi connectivity index (χ2v) is 8.89. The second-order valence-electron chi connectivity index (χ2n) is 7.59. The van der Waals surface area contributed by atoms with Gasteiger partial charge in [-0.1, -0.05) is 29.3 Å². The summed E-state index contributed by atoms with van der Waals surface area (Å²) >= 11 is 3.67. The van der Waals surface area contributed by atoms with Crippen LogP contribution in [0.5, 0.6) is 0 Å². The van der Waals surface area contributed by atoms with Crippen molar-refractivity contribution in [1.82, 2.24) is 10.4 Å². The Kier molecular flexibility index (Phi) is 8.55. The highest BCUT2D eigenvalue weighted by atomic mass is 79.9. The summed E-state index contributed by atoms with van der Waals surface area (Å²) in [5.74, 6) is -0.448. The lowest BCUT2D eigenvalue weighted by molar-refractivity contribution is -0.224. The van der Waals surface area contributed by atoms with Crippen LogP contribution < -0.4 is 11.1 Å². The molecule has 0 bridgehead atoms. The van der Waals surface area contributed by atoms with Gasteiger partial charge in [0, 0.05) is 29.2 Å². The number of aliphatic hydroxyl groups is 3. The van der Waals surface area contributed by atoms with Gasteiger partial charge in [0.05, 0.1) is 12.1 Å². The molecule has 2 aliphatic rings. The molecule has 8 heteroatoms. The van der Waals surface area contributed by atoms with E-state index in [4.69, 9.17) is 5.73 Å². The average Bonchev–Trinajstić information content (AvgIpc) is 2.55. The molecule has 0 aromatic carbocycles. The molecule has 2 rings (SSSR count). The smallest absolute Gasteiger partial charge is 0.111 e. The van der Waals surface area contributed by atoms with Crippen LogP contribution in [0.15, 0.2) is 0 Å². The molecule has 0 radical (unpaired) electrons. The number of nitrogens with zero attached hydrogens (tertiary/aromatic N) is 1. The summed E-state index contributed by atoms with van der Waals surface area (Å²) in [5, 5.41) is 44.8. The number of rotatable bonds is 7. The molecule has 0 spiro atoms. The van der Waals surface area contributed by atoms with Gasteiger partial charge in [-0.3, -0.25) is 5.32 Å². The van der Waals surface area contributed by atoms with Crippen molar-refractivity contribution in [3.8, 4) is 0 Å². The Labute approximate surface area is 158 Å². The van der Waals surface area contributed by atoms with Crippen LogP contribution in [0.4, 0.5) is 0 Å². The van der Waals surface area contributed by atoms with E-state index in [0.29, 0.717) is 30.6 Å². The number of hydroxylamine groups is 2. The summed E-state index contributed by atoms with van der Waals surface area (Å²) < 4.78 is 0. The number of aliphatic hydroxyl groups excluding tert-OH is 3. The zero-order valence-electron chi connectivity index (χ0n) is 15.0. The van der Waals surface area contributed by atoms with Gasteiger partial charge < -0.3 is 26.3 Å². The molecule has 2 heterocycles. The minimum Gasteiger partial charge on any atom is -0.391 e. The molecule has 8 unspecified atom stereocenters. The normalized spacial score (nSPS) is 40.0. The molecule has 25 heavy (non-hydrogen) atoms. The van der Waals surface area contributed by atoms with E-state index in [1.807, 2.05) is 0 Å². The molecule has 2 fully saturated rings. The van der Waals surface area contributed by atoms with Gasteiger partial charge in [-0.2, -0.15) is 5.06 Å². The number of piperidine rings is 2. The van der Waals surface area contributed by atoms with Crippen LogP contribution in [-0.2, 0) is 0 Å². The largest absolute Gasteiger partial charge is 0.391 e. The summed E-state index contributed by atoms with van der Waals surface area (Å²) in [7, 11) is 0. The van der Waals surface area contributed by atoms with Gasteiger partial charge in [-0.05, 0) is 38.5 Å². The maximum atomic E-state index is 10.9. The van der Waals surface area contributed by atoms with Crippen LogP contribution in [0.1, 0.15) is 51.9 Å². The van der Waals surface area contributed by atoms with Crippen LogP contribution in [0, 0.1) is 11.8 Å². The highest BCUT2D eigenvalue weighted by molar-refractivity contribution is 9.09. The minimum absolute atomic E-state index is 0.103. The maximum Gasteiger partial charge on any atom is 0.111 e. The first-order chi connectivity index (χ1) is 11.8. The van der Waals surface area contributed by atoms with E-state index in [0.717, 1.165) is 30.7 Å². The zero-order chi connectivity index (χ0) is 18.6. The van der Waals surface area contributed by atoms with Gasteiger partial charge in [0.25, 0.3) is 0 Å². The number of hydrogen-bond donors (Lipinski definition) is 6. The van der Waals surface area contributed by atoms with Gasteiger partial charge in [0.2, 0.25) is 0 Å². The van der Waals surface area contributed by atoms with E-state index in [1.54, 1.807) is 0 Å². The van der Waals surface area contributed by atoms with Gasteiger partial charge in [0.15, 0.2) is 0 Å². The number of nitrogens with one attached hydrogen (secondary N) is 1. The second kappa shape index (κ2) is 9.94. The maximum absolute atomic E-state index is 10.9. The Morgan fingerprint density at radius 1 is 1.16 bits per heavy atom. The van der Waals surface area contributed by atoms with Gasteiger partial charge >= 0.3 is 0 Å². The highest BCUT2D eigenvalue weighted by Crippen LogP contribution is 2.34. The van der Waals surface area contributed by atoms with Crippen molar-refractivity contribution in [2.75, 3.05) is 6.54 Å². The van der Waals surface area contributed by atoms with E-state index >= 15 is 0 Å². The standard InChI is InChI=1S/C17H34BrN3O4/c1-2-3-10(18)4-6-13(19)11-8-9-21(25)15(16(11)23)12-5-7-14(22)20-17(12)24/h10-17,20,22-25H,2-9,19H2,1H3. The fourth-order valence-corrected chi connectivity index (χ4v) is 5.01. The first kappa shape index (κ1) is 21.5. The molecular formula is C17H34BrN3O4. The van der Waals surface area contributed by atoms with Crippen molar-refractivity contribution >= 4 is 15.9 Å². The first-order valence-corrected chi connectivity index (χ1v) is 10.4. The molecule has 0 aliphatic carbocycles. The van der Waals surface area contributed by atoms with E-state index in [-0.39, 0.29) is 17.9 Å². The Bertz CT molecular complexity index is 406. The predicted octanol–water partition coefficient (Wildman–Crippen LogP) is 0.735. The van der Waals surface area contributed by atoms with Crippen molar-refractivity contribution in [2.24, 2.45) is 17.6 Å². The zero-order valence-corrected chi connectivity index (χ0v) is 16.6. The van der Waals surface area contributed by atoms with Crippen LogP contribution >= 0.6 is 15.9 Å². The van der Waals surface area contributed by atoms with Crippen molar-refractivity contribution in [3.05, 3.63) is 0 Å². The molecule has 2 saturated heterocycles. The van der Waals surface area contributed by atoms with Gasteiger partial charge in [0.1, 0.15) is 12.5 Å². The van der Waals surface area contributed by atoms with E-state index in [2.05, 4.69) is 28.2 Å². The summed E-state index contributed by atoms with van der Waals surface area (Å²) in [6, 6.07) is -0.711. The van der Waals surface area contributed by atoms with E-state index in [9.17, 15) is 20.5 Å². The molecular weight excluding hydrogens is 390 g/mol. The third kappa shape index (κ3) is 5.59. The summed E-state index contributed by atoms with van der Waals surface area (Å²) in [4.78, 5) is 0.445. The monoisotopic (exact) mass is 423 g/mol. The third-order valence-corrected chi connectivity index (χ3v) is 6.69. The number of hydrogen-bond acceptors (Lipinski definition) is 7. The van der Waals surface area contributed by atoms with Crippen molar-refractivity contribution in [1.29, 1.82) is 0 Å². The molecule has 7 nitrogen and oxygen atoms in total. The SMILES string of the molecule is CCCC(Br)CCC(N)C1CCN(O)C(C2CCC(O)NC2O)C1O. The molecule has 148 valence electrons. The van der Waals surface area contributed by atoms with E-state index in [1.165, 1.54) is 0 Å². The lowest BCUT2D eigenvalue weighted by atomic mass is 9.75. The number of halogens is 1. The Morgan fingerprint density at radius 2 is 1.88 bits per heavy atom. The molecule has 7 N–H and O–H groups in total. The molecule has 8 atom stereocenters. The van der Waals surface area contributed by atoms with Crippen LogP contribution in [-0.4, -0.2) is 67.6 Å². The van der Waals surface area contributed by atoms with Crippen LogP contribution in [0.25, 0.3) is 0 Å². The molecule has 0 aromatic heterocycles. The summed E-state index contributed by atoms with van der Waals surface area (Å²) in [5.41, 5.74) is 6.38. The quantitative estimate of drug-likeness (QED) is 0.333. The molecule has 0 amide bonds. The van der Waals surface area contributed by atoms with E-state index < -0.39 is 24.6 Å².